The Hall–Kier alpha value is -5.38. The summed E-state index contributed by atoms with van der Waals surface area (Å²) in [5.41, 5.74) is 5.96. The molecule has 0 aromatic heterocycles. The molecule has 2 aromatic rings. The molecule has 20 nitrogen and oxygen atoms in total. The van der Waals surface area contributed by atoms with Gasteiger partial charge in [-0.1, -0.05) is 273 Å². The molecule has 3 aliphatic carbocycles. The zero-order valence-electron chi connectivity index (χ0n) is 101. The number of piperidine rings is 4. The minimum Gasteiger partial charge on any atom is -0.507 e. The molecule has 20 heteroatoms. The van der Waals surface area contributed by atoms with E-state index in [4.69, 9.17) is 28.4 Å². The highest BCUT2D eigenvalue weighted by atomic mass is 16.6. The first kappa shape index (κ1) is 131. The summed E-state index contributed by atoms with van der Waals surface area (Å²) in [4.78, 5) is 74.5. The van der Waals surface area contributed by atoms with Crippen LogP contribution in [0.2, 0.25) is 0 Å². The van der Waals surface area contributed by atoms with Gasteiger partial charge in [0, 0.05) is 115 Å². The first-order valence-electron chi connectivity index (χ1n) is 58.1. The van der Waals surface area contributed by atoms with Crippen LogP contribution in [0.5, 0.6) is 11.5 Å². The first-order valence-corrected chi connectivity index (χ1v) is 58.1. The second kappa shape index (κ2) is 54.6. The molecule has 844 valence electrons. The lowest BCUT2D eigenvalue weighted by atomic mass is 9.64. The van der Waals surface area contributed by atoms with E-state index in [9.17, 15) is 49.4 Å². The number of phenols is 2. The van der Waals surface area contributed by atoms with Gasteiger partial charge in [0.1, 0.15) is 48.1 Å². The summed E-state index contributed by atoms with van der Waals surface area (Å²) >= 11 is 0. The number of rotatable bonds is 37. The van der Waals surface area contributed by atoms with Crippen LogP contribution < -0.4 is 10.6 Å². The Balaban J connectivity index is 0.000000325. The molecule has 7 fully saturated rings. The van der Waals surface area contributed by atoms with Gasteiger partial charge in [0.05, 0.1) is 18.8 Å². The number of esters is 6. The van der Waals surface area contributed by atoms with Crippen LogP contribution >= 0.6 is 0 Å². The third-order valence-corrected chi connectivity index (χ3v) is 31.7. The summed E-state index contributed by atoms with van der Waals surface area (Å²) in [5, 5.41) is 52.3. The fourth-order valence-electron chi connectivity index (χ4n) is 26.6. The Bertz CT molecular complexity index is 4070. The Morgan fingerprint density at radius 2 is 0.603 bits per heavy atom. The lowest BCUT2D eigenvalue weighted by Gasteiger charge is -2.51. The predicted octanol–water partition coefficient (Wildman–Crippen LogP) is 32.1. The van der Waals surface area contributed by atoms with Crippen LogP contribution in [-0.2, 0) is 85.3 Å². The van der Waals surface area contributed by atoms with E-state index < -0.39 is 34.1 Å². The summed E-state index contributed by atoms with van der Waals surface area (Å²) in [6, 6.07) is 9.06. The SMILES string of the molecule is CC1(C)CC(OC(=O)CCC(=O)OC2CC(C)(C)N(O)C(C)(C)C2)CC(C)(C)N1O.CC1(C)CC(OC(=O)CCCCCCCCC(=O)OC2CC(C)(C)NC(C)(C)C2)CC(C)(C)C1.CCC(CCCCCCCC(=O)OC1CC(C)(C)NC(C)(C)C1)C(=O)OC1CC(C)(C)CC(C)(C)C1.CCCC1CCC(c2cc(C(C)(C)C)c(O)c(C(C)(C)C)c2)CC1.CCCCCCCc1cc(C(C)(C)C)c(O)c(C(C)(C)C)c1. The van der Waals surface area contributed by atoms with Gasteiger partial charge in [-0.25, -0.2) is 0 Å². The number of benzene rings is 2. The number of ether oxygens (including phenoxy) is 6. The molecule has 0 amide bonds. The van der Waals surface area contributed by atoms with Crippen LogP contribution in [0.3, 0.4) is 0 Å². The molecule has 0 radical (unpaired) electrons. The van der Waals surface area contributed by atoms with E-state index in [-0.39, 0.29) is 145 Å². The maximum atomic E-state index is 12.9. The molecule has 4 heterocycles. The number of hydrogen-bond donors (Lipinski definition) is 6. The standard InChI is InChI=1S/C31H57NO4.C29H53NO4.C23H38O.C22H40N2O6.C21H36O/c1-10-23(27(34)36-24-18-28(2,3)22-29(4,5)19-24)16-14-12-11-13-15-17-26(33)35-25-20-30(6,7)32-31(8,9)21-25;1-26(2)17-22(18-27(3,4)21-26)33-24(31)15-13-11-9-10-12-14-16-25(32)34-23-19-28(5,6)30-29(7,8)20-23;1-8-9-16-10-12-17(13-11-16)18-14-19(22(2,3)4)21(24)20(15-18)23(5,6)7;1-19(2)11-15(12-20(3,4)23(19)27)29-17(25)9-10-18(26)30-16-13-21(5,6)24(28)22(7,8)14-16;1-8-9-10-11-12-13-16-14-17(20(2,3)4)19(22)18(15-16)21(5,6)7/h23-25,32H,10-22H2,1-9H3;22-23,30H,9-21H2,1-8H3;14-17,24H,8-13H2,1-7H3;15-16,27-28H,9-14H2,1-8H3;14-15,22H,8-13H2,1-7H3. The van der Waals surface area contributed by atoms with E-state index in [1.807, 2.05) is 55.4 Å². The van der Waals surface area contributed by atoms with Crippen LogP contribution in [0, 0.1) is 33.5 Å². The predicted molar refractivity (Wildman–Crippen MR) is 601 cm³/mol. The number of nitrogens with one attached hydrogen (secondary N) is 2. The summed E-state index contributed by atoms with van der Waals surface area (Å²) < 4.78 is 34.7. The van der Waals surface area contributed by atoms with Crippen LogP contribution in [0.25, 0.3) is 0 Å². The van der Waals surface area contributed by atoms with Crippen molar-refractivity contribution in [2.45, 2.75) is 661 Å². The third-order valence-electron chi connectivity index (χ3n) is 31.7. The molecule has 4 saturated heterocycles. The number of aromatic hydroxyl groups is 2. The number of phenolic OH excluding ortho intramolecular Hbond substituents is 2. The van der Waals surface area contributed by atoms with E-state index in [0.717, 1.165) is 169 Å². The van der Waals surface area contributed by atoms with Crippen molar-refractivity contribution in [3.63, 3.8) is 0 Å². The second-order valence-corrected chi connectivity index (χ2v) is 58.9. The normalized spacial score (nSPS) is 22.7. The molecule has 7 aliphatic rings. The first-order chi connectivity index (χ1) is 66.6. The Labute approximate surface area is 892 Å². The van der Waals surface area contributed by atoms with Gasteiger partial charge in [-0.05, 0) is 308 Å². The van der Waals surface area contributed by atoms with Gasteiger partial charge in [-0.15, -0.1) is 0 Å². The molecular formula is C126H224N4O16. The van der Waals surface area contributed by atoms with E-state index in [1.165, 1.54) is 105 Å². The Morgan fingerprint density at radius 3 is 0.904 bits per heavy atom. The molecule has 1 atom stereocenters. The summed E-state index contributed by atoms with van der Waals surface area (Å²) in [7, 11) is 0. The van der Waals surface area contributed by atoms with Crippen LogP contribution in [-0.4, -0.2) is 148 Å². The fourth-order valence-corrected chi connectivity index (χ4v) is 26.6. The van der Waals surface area contributed by atoms with Gasteiger partial charge >= 0.3 is 35.8 Å². The van der Waals surface area contributed by atoms with Gasteiger partial charge < -0.3 is 59.7 Å². The lowest BCUT2D eigenvalue weighted by molar-refractivity contribution is -0.260. The van der Waals surface area contributed by atoms with Crippen molar-refractivity contribution >= 4 is 35.8 Å². The minimum atomic E-state index is -0.507. The number of aryl methyl sites for hydroxylation is 1. The third kappa shape index (κ3) is 46.1. The molecule has 1 unspecified atom stereocenters. The van der Waals surface area contributed by atoms with Gasteiger partial charge in [-0.3, -0.25) is 28.8 Å². The van der Waals surface area contributed by atoms with Gasteiger partial charge in [0.15, 0.2) is 0 Å². The highest BCUT2D eigenvalue weighted by molar-refractivity contribution is 5.78. The number of hydroxylamine groups is 4. The van der Waals surface area contributed by atoms with E-state index in [0.29, 0.717) is 62.4 Å². The number of hydrogen-bond acceptors (Lipinski definition) is 20. The van der Waals surface area contributed by atoms with E-state index >= 15 is 0 Å². The largest absolute Gasteiger partial charge is 0.507 e. The van der Waals surface area contributed by atoms with Gasteiger partial charge in [0.2, 0.25) is 0 Å². The van der Waals surface area contributed by atoms with Gasteiger partial charge in [-0.2, -0.15) is 10.1 Å². The van der Waals surface area contributed by atoms with Crippen LogP contribution in [0.1, 0.15) is 585 Å². The molecule has 146 heavy (non-hydrogen) atoms. The summed E-state index contributed by atoms with van der Waals surface area (Å²) in [6.45, 7) is 83.9. The van der Waals surface area contributed by atoms with Crippen LogP contribution in [0.15, 0.2) is 24.3 Å². The molecule has 0 bridgehead atoms. The highest BCUT2D eigenvalue weighted by Gasteiger charge is 2.50. The molecule has 0 spiro atoms. The number of carbonyl (C=O) groups is 6. The zero-order valence-corrected chi connectivity index (χ0v) is 101. The van der Waals surface area contributed by atoms with Crippen molar-refractivity contribution in [1.29, 1.82) is 0 Å². The highest BCUT2D eigenvalue weighted by Crippen LogP contribution is 2.51. The summed E-state index contributed by atoms with van der Waals surface area (Å²) in [6.07, 6.45) is 41.4. The summed E-state index contributed by atoms with van der Waals surface area (Å²) in [5.74, 6) is 1.61. The van der Waals surface area contributed by atoms with E-state index in [1.54, 1.807) is 0 Å². The van der Waals surface area contributed by atoms with Gasteiger partial charge in [0.25, 0.3) is 0 Å². The number of nitrogens with zero attached hydrogens (tertiary/aromatic N) is 2. The Morgan fingerprint density at radius 1 is 0.336 bits per heavy atom. The maximum Gasteiger partial charge on any atom is 0.309 e. The smallest absolute Gasteiger partial charge is 0.309 e. The molecule has 3 saturated carbocycles. The quantitative estimate of drug-likeness (QED) is 0.0208. The molecule has 6 N–H and O–H groups in total. The van der Waals surface area contributed by atoms with Crippen molar-refractivity contribution in [3.05, 3.63) is 57.6 Å². The molecule has 4 aliphatic heterocycles. The van der Waals surface area contributed by atoms with Crippen molar-refractivity contribution in [2.24, 2.45) is 33.5 Å². The van der Waals surface area contributed by atoms with Crippen molar-refractivity contribution in [3.8, 4) is 11.5 Å². The molecular weight excluding hydrogens is 1830 g/mol. The molecule has 2 aromatic carbocycles. The molecule has 9 rings (SSSR count). The number of unbranched alkanes of at least 4 members (excludes halogenated alkanes) is 13. The monoisotopic (exact) mass is 2050 g/mol. The fraction of sp³-hybridized carbons (Fsp3) is 0.857. The van der Waals surface area contributed by atoms with E-state index in [2.05, 4.69) is 250 Å². The van der Waals surface area contributed by atoms with Crippen molar-refractivity contribution in [2.75, 3.05) is 0 Å². The average molecular weight is 2050 g/mol. The topological polar surface area (TPSA) is 269 Å². The van der Waals surface area contributed by atoms with Crippen molar-refractivity contribution in [1.82, 2.24) is 20.8 Å². The lowest BCUT2D eigenvalue weighted by Crippen LogP contribution is -2.60. The second-order valence-electron chi connectivity index (χ2n) is 58.9. The minimum absolute atomic E-state index is 0.000220. The zero-order chi connectivity index (χ0) is 111. The Kier molecular flexibility index (Phi) is 49.0. The maximum absolute atomic E-state index is 12.9. The average Bonchev–Trinajstić information content (AvgIpc) is 0.781. The number of carbonyl (C=O) groups excluding carboxylic acids is 6. The van der Waals surface area contributed by atoms with Crippen LogP contribution in [0.4, 0.5) is 0 Å². The van der Waals surface area contributed by atoms with Crippen molar-refractivity contribution < 1.29 is 77.8 Å².